The topological polar surface area (TPSA) is 0 Å². The number of benzene rings is 1. The van der Waals surface area contributed by atoms with Gasteiger partial charge >= 0.3 is 6.18 Å². The molecule has 5 heteroatoms. The summed E-state index contributed by atoms with van der Waals surface area (Å²) in [5.74, 6) is 0.731. The number of hydrogen-bond donors (Lipinski definition) is 0. The Morgan fingerprint density at radius 3 is 2.38 bits per heavy atom. The Bertz CT molecular complexity index is 361. The Morgan fingerprint density at radius 2 is 1.94 bits per heavy atom. The fraction of sp³-hybridized carbons (Fsp3) is 0.455. The van der Waals surface area contributed by atoms with Crippen LogP contribution in [-0.2, 0) is 11.9 Å². The molecule has 0 fully saturated rings. The van der Waals surface area contributed by atoms with Crippen LogP contribution in [0, 0.1) is 0 Å². The van der Waals surface area contributed by atoms with Gasteiger partial charge in [-0.05, 0) is 22.9 Å². The molecule has 1 aromatic carbocycles. The van der Waals surface area contributed by atoms with Crippen molar-refractivity contribution < 1.29 is 13.2 Å². The van der Waals surface area contributed by atoms with Crippen LogP contribution < -0.4 is 0 Å². The van der Waals surface area contributed by atoms with Crippen LogP contribution in [0.5, 0.6) is 0 Å². The predicted molar refractivity (Wildman–Crippen MR) is 65.6 cm³/mol. The van der Waals surface area contributed by atoms with Crippen molar-refractivity contribution in [2.75, 3.05) is 0 Å². The Balaban J connectivity index is 2.83. The zero-order valence-electron chi connectivity index (χ0n) is 8.94. The van der Waals surface area contributed by atoms with Crippen molar-refractivity contribution in [3.8, 4) is 0 Å². The minimum Gasteiger partial charge on any atom is -0.166 e. The first kappa shape index (κ1) is 13.9. The van der Waals surface area contributed by atoms with Gasteiger partial charge in [0.1, 0.15) is 0 Å². The van der Waals surface area contributed by atoms with Crippen LogP contribution in [0.3, 0.4) is 0 Å². The molecule has 0 saturated heterocycles. The molecule has 0 saturated carbocycles. The summed E-state index contributed by atoms with van der Waals surface area (Å²) in [6.07, 6.45) is -4.29. The van der Waals surface area contributed by atoms with E-state index in [9.17, 15) is 13.2 Å². The van der Waals surface area contributed by atoms with Crippen LogP contribution >= 0.6 is 27.7 Å². The Hall–Kier alpha value is -0.160. The van der Waals surface area contributed by atoms with Gasteiger partial charge < -0.3 is 0 Å². The Labute approximate surface area is 106 Å². The highest BCUT2D eigenvalue weighted by Crippen LogP contribution is 2.35. The summed E-state index contributed by atoms with van der Waals surface area (Å²) in [6, 6.07) is 4.20. The molecule has 0 unspecified atom stereocenters. The standard InChI is InChI=1S/C11H12BrF3S/c1-7(2)16-6-8-3-4-9(10(12)5-8)11(13,14)15/h3-5,7H,6H2,1-2H3. The normalized spacial score (nSPS) is 12.2. The highest BCUT2D eigenvalue weighted by atomic mass is 79.9. The molecule has 0 amide bonds. The largest absolute Gasteiger partial charge is 0.417 e. The van der Waals surface area contributed by atoms with Crippen molar-refractivity contribution in [1.82, 2.24) is 0 Å². The van der Waals surface area contributed by atoms with E-state index in [1.807, 2.05) is 0 Å². The molecular formula is C11H12BrF3S. The molecule has 0 atom stereocenters. The molecule has 0 radical (unpaired) electrons. The second-order valence-electron chi connectivity index (χ2n) is 3.67. The first-order chi connectivity index (χ1) is 7.30. The van der Waals surface area contributed by atoms with Gasteiger partial charge in [-0.15, -0.1) is 0 Å². The molecule has 0 aliphatic heterocycles. The molecule has 0 heterocycles. The smallest absolute Gasteiger partial charge is 0.166 e. The van der Waals surface area contributed by atoms with Crippen LogP contribution in [0.4, 0.5) is 13.2 Å². The molecule has 0 nitrogen and oxygen atoms in total. The van der Waals surface area contributed by atoms with Gasteiger partial charge in [-0.2, -0.15) is 24.9 Å². The van der Waals surface area contributed by atoms with Gasteiger partial charge in [-0.3, -0.25) is 0 Å². The van der Waals surface area contributed by atoms with Gasteiger partial charge in [0.15, 0.2) is 0 Å². The Kier molecular flexibility index (Phi) is 4.73. The zero-order valence-corrected chi connectivity index (χ0v) is 11.3. The van der Waals surface area contributed by atoms with Gasteiger partial charge in [0.25, 0.3) is 0 Å². The van der Waals surface area contributed by atoms with E-state index in [1.165, 1.54) is 12.1 Å². The first-order valence-electron chi connectivity index (χ1n) is 4.78. The predicted octanol–water partition coefficient (Wildman–Crippen LogP) is 5.11. The van der Waals surface area contributed by atoms with Crippen molar-refractivity contribution in [2.45, 2.75) is 31.0 Å². The van der Waals surface area contributed by atoms with E-state index in [4.69, 9.17) is 0 Å². The van der Waals surface area contributed by atoms with Crippen molar-refractivity contribution in [1.29, 1.82) is 0 Å². The van der Waals surface area contributed by atoms with Gasteiger partial charge in [-0.25, -0.2) is 0 Å². The third-order valence-corrected chi connectivity index (χ3v) is 3.74. The van der Waals surface area contributed by atoms with E-state index in [0.29, 0.717) is 5.25 Å². The van der Waals surface area contributed by atoms with E-state index in [1.54, 1.807) is 11.8 Å². The maximum absolute atomic E-state index is 12.5. The summed E-state index contributed by atoms with van der Waals surface area (Å²) in [7, 11) is 0. The number of rotatable bonds is 3. The number of hydrogen-bond acceptors (Lipinski definition) is 1. The second-order valence-corrected chi connectivity index (χ2v) is 6.09. The minimum absolute atomic E-state index is 0.113. The molecule has 0 aliphatic carbocycles. The first-order valence-corrected chi connectivity index (χ1v) is 6.62. The van der Waals surface area contributed by atoms with E-state index in [-0.39, 0.29) is 4.47 Å². The van der Waals surface area contributed by atoms with Crippen molar-refractivity contribution >= 4 is 27.7 Å². The zero-order chi connectivity index (χ0) is 12.3. The summed E-state index contributed by atoms with van der Waals surface area (Å²) in [5.41, 5.74) is 0.282. The molecule has 0 aliphatic rings. The third-order valence-electron chi connectivity index (χ3n) is 1.92. The van der Waals surface area contributed by atoms with Gasteiger partial charge in [-0.1, -0.05) is 35.8 Å². The van der Waals surface area contributed by atoms with Crippen molar-refractivity contribution in [2.24, 2.45) is 0 Å². The van der Waals surface area contributed by atoms with E-state index in [2.05, 4.69) is 29.8 Å². The van der Waals surface area contributed by atoms with Crippen LogP contribution in [-0.4, -0.2) is 5.25 Å². The molecule has 90 valence electrons. The molecular weight excluding hydrogens is 301 g/mol. The summed E-state index contributed by atoms with van der Waals surface area (Å²) in [5, 5.41) is 0.473. The van der Waals surface area contributed by atoms with Crippen LogP contribution in [0.25, 0.3) is 0 Å². The SMILES string of the molecule is CC(C)SCc1ccc(C(F)(F)F)c(Br)c1. The Morgan fingerprint density at radius 1 is 1.31 bits per heavy atom. The van der Waals surface area contributed by atoms with E-state index in [0.717, 1.165) is 17.4 Å². The molecule has 1 rings (SSSR count). The second kappa shape index (κ2) is 5.45. The molecule has 0 bridgehead atoms. The maximum atomic E-state index is 12.5. The quantitative estimate of drug-likeness (QED) is 0.747. The lowest BCUT2D eigenvalue weighted by molar-refractivity contribution is -0.138. The van der Waals surface area contributed by atoms with E-state index < -0.39 is 11.7 Å². The molecule has 16 heavy (non-hydrogen) atoms. The molecule has 0 aromatic heterocycles. The summed E-state index contributed by atoms with van der Waals surface area (Å²) in [4.78, 5) is 0. The van der Waals surface area contributed by atoms with Crippen molar-refractivity contribution in [3.05, 3.63) is 33.8 Å². The maximum Gasteiger partial charge on any atom is 0.417 e. The molecule has 0 N–H and O–H groups in total. The van der Waals surface area contributed by atoms with Gasteiger partial charge in [0.2, 0.25) is 0 Å². The average molecular weight is 313 g/mol. The molecule has 1 aromatic rings. The lowest BCUT2D eigenvalue weighted by atomic mass is 10.1. The number of alkyl halides is 3. The van der Waals surface area contributed by atoms with Gasteiger partial charge in [0, 0.05) is 10.2 Å². The lowest BCUT2D eigenvalue weighted by Crippen LogP contribution is -2.06. The highest BCUT2D eigenvalue weighted by Gasteiger charge is 2.32. The van der Waals surface area contributed by atoms with Gasteiger partial charge in [0.05, 0.1) is 5.56 Å². The summed E-state index contributed by atoms with van der Waals surface area (Å²) in [6.45, 7) is 4.12. The van der Waals surface area contributed by atoms with Crippen molar-refractivity contribution in [3.63, 3.8) is 0 Å². The monoisotopic (exact) mass is 312 g/mol. The van der Waals surface area contributed by atoms with E-state index >= 15 is 0 Å². The minimum atomic E-state index is -4.29. The van der Waals surface area contributed by atoms with Crippen LogP contribution in [0.1, 0.15) is 25.0 Å². The third kappa shape index (κ3) is 4.01. The average Bonchev–Trinajstić information content (AvgIpc) is 2.12. The van der Waals surface area contributed by atoms with Crippen LogP contribution in [0.15, 0.2) is 22.7 Å². The summed E-state index contributed by atoms with van der Waals surface area (Å²) >= 11 is 4.67. The number of thioether (sulfide) groups is 1. The fourth-order valence-electron chi connectivity index (χ4n) is 1.14. The molecule has 0 spiro atoms. The highest BCUT2D eigenvalue weighted by molar-refractivity contribution is 9.10. The summed E-state index contributed by atoms with van der Waals surface area (Å²) < 4.78 is 37.5. The lowest BCUT2D eigenvalue weighted by Gasteiger charge is -2.11. The number of halogens is 4. The van der Waals surface area contributed by atoms with Crippen LogP contribution in [0.2, 0.25) is 0 Å². The fourth-order valence-corrected chi connectivity index (χ4v) is 2.50.